The fraction of sp³-hybridized carbons (Fsp3) is 0.231. The number of piperazine rings is 1. The van der Waals surface area contributed by atoms with Crippen molar-refractivity contribution in [2.45, 2.75) is 5.82 Å². The highest BCUT2D eigenvalue weighted by molar-refractivity contribution is 6.67. The van der Waals surface area contributed by atoms with Crippen LogP contribution >= 0.6 is 0 Å². The van der Waals surface area contributed by atoms with E-state index in [2.05, 4.69) is 42.1 Å². The number of pyridine rings is 1. The average molecular weight is 509 g/mol. The zero-order valence-electron chi connectivity index (χ0n) is 22.1. The Morgan fingerprint density at radius 3 is 1.95 bits per heavy atom. The molecular formula is C26H20B6N8. The largest absolute Gasteiger partial charge is 0.365 e. The van der Waals surface area contributed by atoms with Crippen molar-refractivity contribution >= 4 is 91.5 Å². The molecule has 40 heavy (non-hydrogen) atoms. The van der Waals surface area contributed by atoms with Crippen LogP contribution in [0.15, 0.2) is 49.3 Å². The summed E-state index contributed by atoms with van der Waals surface area (Å²) in [6, 6.07) is 4.20. The van der Waals surface area contributed by atoms with E-state index in [4.69, 9.17) is 47.1 Å². The number of rotatable bonds is 5. The van der Waals surface area contributed by atoms with Crippen molar-refractivity contribution in [3.8, 4) is 11.1 Å². The van der Waals surface area contributed by atoms with Crippen LogP contribution in [-0.2, 0) is 7.05 Å². The molecule has 1 aromatic carbocycles. The predicted molar refractivity (Wildman–Crippen MR) is 165 cm³/mol. The molecule has 1 unspecified atom stereocenters. The van der Waals surface area contributed by atoms with Crippen molar-refractivity contribution in [1.29, 1.82) is 0 Å². The van der Waals surface area contributed by atoms with E-state index in [1.54, 1.807) is 17.1 Å². The van der Waals surface area contributed by atoms with Crippen molar-refractivity contribution in [2.75, 3.05) is 36.0 Å². The van der Waals surface area contributed by atoms with Crippen LogP contribution < -0.4 is 37.1 Å². The van der Waals surface area contributed by atoms with Gasteiger partial charge in [0.25, 0.3) is 0 Å². The van der Waals surface area contributed by atoms with Crippen LogP contribution in [0.1, 0.15) is 16.9 Å². The minimum absolute atomic E-state index is 0.148. The molecule has 12 radical (unpaired) electrons. The first kappa shape index (κ1) is 26.4. The normalized spacial score (nSPS) is 14.6. The summed E-state index contributed by atoms with van der Waals surface area (Å²) in [5.74, 6) is -0.0979. The summed E-state index contributed by atoms with van der Waals surface area (Å²) in [5, 5.41) is 8.86. The SMILES string of the molecule is [B]c1c([B])c([B])c(C([B])c2cnc(N3CCN(c4cnn5cc(-c6cnn(C)c6)ccc45)CC3)nc2)c([B])c1[B]. The molecule has 0 bridgehead atoms. The number of hydrogen-bond donors (Lipinski definition) is 0. The minimum Gasteiger partial charge on any atom is -0.365 e. The number of hydrogen-bond acceptors (Lipinski definition) is 6. The third-order valence-electron chi connectivity index (χ3n) is 7.51. The molecule has 0 aliphatic carbocycles. The number of aryl methyl sites for hydroxylation is 1. The van der Waals surface area contributed by atoms with Crippen LogP contribution in [0.3, 0.4) is 0 Å². The van der Waals surface area contributed by atoms with Gasteiger partial charge in [-0.05, 0) is 17.4 Å². The van der Waals surface area contributed by atoms with Gasteiger partial charge < -0.3 is 9.80 Å². The van der Waals surface area contributed by atoms with E-state index in [1.807, 2.05) is 36.4 Å². The lowest BCUT2D eigenvalue weighted by Gasteiger charge is -2.35. The first-order valence-electron chi connectivity index (χ1n) is 12.8. The summed E-state index contributed by atoms with van der Waals surface area (Å²) in [6.07, 6.45) is 11.1. The lowest BCUT2D eigenvalue weighted by Crippen LogP contribution is -2.56. The molecule has 1 saturated heterocycles. The van der Waals surface area contributed by atoms with E-state index in [1.165, 1.54) is 0 Å². The van der Waals surface area contributed by atoms with E-state index >= 15 is 0 Å². The van der Waals surface area contributed by atoms with Crippen molar-refractivity contribution in [3.05, 3.63) is 60.4 Å². The van der Waals surface area contributed by atoms with E-state index in [0.29, 0.717) is 17.1 Å². The Labute approximate surface area is 241 Å². The van der Waals surface area contributed by atoms with Crippen LogP contribution in [0.25, 0.3) is 16.6 Å². The Morgan fingerprint density at radius 2 is 1.32 bits per heavy atom. The molecule has 4 aromatic heterocycles. The maximum atomic E-state index is 6.47. The zero-order chi connectivity index (χ0) is 28.1. The smallest absolute Gasteiger partial charge is 0.225 e. The molecule has 6 rings (SSSR count). The second kappa shape index (κ2) is 10.3. The van der Waals surface area contributed by atoms with Gasteiger partial charge in [-0.3, -0.25) is 4.68 Å². The van der Waals surface area contributed by atoms with Gasteiger partial charge >= 0.3 is 0 Å². The molecule has 1 aliphatic heterocycles. The topological polar surface area (TPSA) is 67.4 Å². The minimum atomic E-state index is -0.717. The summed E-state index contributed by atoms with van der Waals surface area (Å²) in [4.78, 5) is 13.6. The molecule has 0 amide bonds. The molecule has 14 heteroatoms. The van der Waals surface area contributed by atoms with Gasteiger partial charge in [0, 0.05) is 69.1 Å². The maximum absolute atomic E-state index is 6.47. The fourth-order valence-electron chi connectivity index (χ4n) is 5.13. The fourth-order valence-corrected chi connectivity index (χ4v) is 5.13. The van der Waals surface area contributed by atoms with Gasteiger partial charge in [-0.25, -0.2) is 14.5 Å². The van der Waals surface area contributed by atoms with Crippen molar-refractivity contribution in [3.63, 3.8) is 0 Å². The molecule has 5 heterocycles. The van der Waals surface area contributed by atoms with Crippen molar-refractivity contribution in [2.24, 2.45) is 7.05 Å². The molecule has 0 N–H and O–H groups in total. The van der Waals surface area contributed by atoms with E-state index in [0.717, 1.165) is 48.5 Å². The molecular weight excluding hydrogens is 489 g/mol. The number of fused-ring (bicyclic) bond motifs is 1. The van der Waals surface area contributed by atoms with Gasteiger partial charge in [-0.2, -0.15) is 10.2 Å². The molecule has 182 valence electrons. The van der Waals surface area contributed by atoms with Crippen molar-refractivity contribution < 1.29 is 0 Å². The van der Waals surface area contributed by atoms with Gasteiger partial charge in [0.2, 0.25) is 5.95 Å². The maximum Gasteiger partial charge on any atom is 0.225 e. The molecule has 0 spiro atoms. The Balaban J connectivity index is 1.15. The third kappa shape index (κ3) is 4.53. The standard InChI is InChI=1S/C26H20B6N8/c1-37-12-16(10-35-37)14-2-3-17-18(11-36-40(17)13-14)38-4-6-39(7-5-38)26-33-8-15(9-34-26)20(27)19-21(28)23(30)25(32)24(31)22(19)29/h2-3,8-13,20H,4-7H2,1H3. The van der Waals surface area contributed by atoms with Crippen LogP contribution in [0.4, 0.5) is 11.6 Å². The number of aromatic nitrogens is 6. The van der Waals surface area contributed by atoms with Crippen LogP contribution in [0, 0.1) is 0 Å². The third-order valence-corrected chi connectivity index (χ3v) is 7.51. The molecule has 0 saturated carbocycles. The molecule has 1 atom stereocenters. The number of benzene rings is 1. The van der Waals surface area contributed by atoms with Gasteiger partial charge in [0.15, 0.2) is 0 Å². The van der Waals surface area contributed by atoms with Gasteiger partial charge in [0.05, 0.1) is 31.4 Å². The monoisotopic (exact) mass is 510 g/mol. The van der Waals surface area contributed by atoms with E-state index in [-0.39, 0.29) is 27.3 Å². The van der Waals surface area contributed by atoms with Crippen LogP contribution in [-0.4, -0.2) is 103 Å². The Kier molecular flexibility index (Phi) is 6.80. The van der Waals surface area contributed by atoms with E-state index in [9.17, 15) is 0 Å². The highest BCUT2D eigenvalue weighted by Crippen LogP contribution is 2.27. The molecule has 8 nitrogen and oxygen atoms in total. The second-order valence-corrected chi connectivity index (χ2v) is 9.93. The first-order valence-corrected chi connectivity index (χ1v) is 12.8. The lowest BCUT2D eigenvalue weighted by atomic mass is 9.56. The molecule has 5 aromatic rings. The zero-order valence-corrected chi connectivity index (χ0v) is 22.1. The quantitative estimate of drug-likeness (QED) is 0.237. The number of anilines is 2. The van der Waals surface area contributed by atoms with Gasteiger partial charge in [0.1, 0.15) is 39.2 Å². The Morgan fingerprint density at radius 1 is 0.700 bits per heavy atom. The van der Waals surface area contributed by atoms with Gasteiger partial charge in [-0.1, -0.05) is 11.6 Å². The highest BCUT2D eigenvalue weighted by Gasteiger charge is 2.23. The van der Waals surface area contributed by atoms with Gasteiger partial charge in [-0.15, -0.1) is 27.3 Å². The lowest BCUT2D eigenvalue weighted by molar-refractivity contribution is 0.640. The average Bonchev–Trinajstić information content (AvgIpc) is 3.61. The molecule has 1 aliphatic rings. The highest BCUT2D eigenvalue weighted by atomic mass is 15.3. The second-order valence-electron chi connectivity index (χ2n) is 9.93. The Bertz CT molecular complexity index is 1680. The summed E-state index contributed by atoms with van der Waals surface area (Å²) >= 11 is 0. The summed E-state index contributed by atoms with van der Waals surface area (Å²) in [6.45, 7) is 3.10. The summed E-state index contributed by atoms with van der Waals surface area (Å²) in [5.41, 5.74) is 6.18. The van der Waals surface area contributed by atoms with Crippen LogP contribution in [0.2, 0.25) is 0 Å². The summed E-state index contributed by atoms with van der Waals surface area (Å²) < 4.78 is 3.70. The summed E-state index contributed by atoms with van der Waals surface area (Å²) in [7, 11) is 38.6. The number of nitrogens with zero attached hydrogens (tertiary/aromatic N) is 8. The van der Waals surface area contributed by atoms with E-state index < -0.39 is 5.82 Å². The van der Waals surface area contributed by atoms with Crippen LogP contribution in [0.5, 0.6) is 0 Å². The van der Waals surface area contributed by atoms with Crippen molar-refractivity contribution in [1.82, 2.24) is 29.4 Å². The predicted octanol–water partition coefficient (Wildman–Crippen LogP) is -2.92. The first-order chi connectivity index (χ1) is 19.2. The Hall–Kier alpha value is -3.81. The molecule has 1 fully saturated rings.